The lowest BCUT2D eigenvalue weighted by molar-refractivity contribution is -0.129. The fourth-order valence-corrected chi connectivity index (χ4v) is 2.19. The Morgan fingerprint density at radius 3 is 2.39 bits per heavy atom. The minimum absolute atomic E-state index is 0.0166. The van der Waals surface area contributed by atoms with Crippen LogP contribution in [0.1, 0.15) is 40.5 Å². The summed E-state index contributed by atoms with van der Waals surface area (Å²) in [5, 5.41) is 3.02. The van der Waals surface area contributed by atoms with Crippen molar-refractivity contribution < 1.29 is 9.59 Å². The Morgan fingerprint density at radius 2 is 1.94 bits per heavy atom. The molecule has 1 aliphatic rings. The maximum absolute atomic E-state index is 12.0. The van der Waals surface area contributed by atoms with E-state index in [0.717, 1.165) is 12.8 Å². The number of urea groups is 1. The van der Waals surface area contributed by atoms with Gasteiger partial charge in [-0.3, -0.25) is 4.79 Å². The standard InChI is InChI=1S/C13H25N3O2/c1-5-9-6-10(8-16(7-9)12(14)18)15-11(17)13(2,3)4/h9-10H,5-8H2,1-4H3,(H2,14,18)(H,15,17). The first-order valence-electron chi connectivity index (χ1n) is 6.59. The van der Waals surface area contributed by atoms with E-state index in [4.69, 9.17) is 5.73 Å². The molecule has 0 radical (unpaired) electrons. The van der Waals surface area contributed by atoms with Crippen LogP contribution in [0, 0.1) is 11.3 Å². The van der Waals surface area contributed by atoms with Crippen molar-refractivity contribution in [3.05, 3.63) is 0 Å². The van der Waals surface area contributed by atoms with Gasteiger partial charge in [0, 0.05) is 24.5 Å². The highest BCUT2D eigenvalue weighted by atomic mass is 16.2. The third kappa shape index (κ3) is 3.89. The molecule has 0 aromatic heterocycles. The van der Waals surface area contributed by atoms with Crippen LogP contribution in [0.3, 0.4) is 0 Å². The highest BCUT2D eigenvalue weighted by Crippen LogP contribution is 2.21. The SMILES string of the molecule is CCC1CC(NC(=O)C(C)(C)C)CN(C(N)=O)C1. The summed E-state index contributed by atoms with van der Waals surface area (Å²) in [6.07, 6.45) is 1.91. The van der Waals surface area contributed by atoms with E-state index in [1.165, 1.54) is 0 Å². The molecule has 3 amide bonds. The monoisotopic (exact) mass is 255 g/mol. The average Bonchev–Trinajstić information content (AvgIpc) is 2.27. The van der Waals surface area contributed by atoms with Crippen molar-refractivity contribution in [1.29, 1.82) is 0 Å². The van der Waals surface area contributed by atoms with Gasteiger partial charge in [-0.15, -0.1) is 0 Å². The second kappa shape index (κ2) is 5.59. The van der Waals surface area contributed by atoms with Gasteiger partial charge in [-0.1, -0.05) is 34.1 Å². The minimum atomic E-state index is -0.406. The zero-order chi connectivity index (χ0) is 13.9. The van der Waals surface area contributed by atoms with Gasteiger partial charge in [0.25, 0.3) is 0 Å². The molecule has 1 heterocycles. The fraction of sp³-hybridized carbons (Fsp3) is 0.846. The highest BCUT2D eigenvalue weighted by molar-refractivity contribution is 5.81. The quantitative estimate of drug-likeness (QED) is 0.781. The Hall–Kier alpha value is -1.26. The van der Waals surface area contributed by atoms with Gasteiger partial charge < -0.3 is 16.0 Å². The van der Waals surface area contributed by atoms with Gasteiger partial charge >= 0.3 is 6.03 Å². The molecule has 5 heteroatoms. The second-order valence-electron chi connectivity index (χ2n) is 6.17. The number of likely N-dealkylation sites (tertiary alicyclic amines) is 1. The smallest absolute Gasteiger partial charge is 0.314 e. The summed E-state index contributed by atoms with van der Waals surface area (Å²) < 4.78 is 0. The van der Waals surface area contributed by atoms with Crippen LogP contribution in [0.4, 0.5) is 4.79 Å². The molecular weight excluding hydrogens is 230 g/mol. The number of nitrogens with two attached hydrogens (primary N) is 1. The molecule has 5 nitrogen and oxygen atoms in total. The molecule has 0 aliphatic carbocycles. The van der Waals surface area contributed by atoms with Gasteiger partial charge in [0.15, 0.2) is 0 Å². The van der Waals surface area contributed by atoms with E-state index in [2.05, 4.69) is 12.2 Å². The van der Waals surface area contributed by atoms with E-state index >= 15 is 0 Å². The van der Waals surface area contributed by atoms with E-state index in [-0.39, 0.29) is 11.9 Å². The van der Waals surface area contributed by atoms with Gasteiger partial charge in [0.2, 0.25) is 5.91 Å². The lowest BCUT2D eigenvalue weighted by Gasteiger charge is -2.37. The number of nitrogens with zero attached hydrogens (tertiary/aromatic N) is 1. The first-order valence-corrected chi connectivity index (χ1v) is 6.59. The number of hydrogen-bond acceptors (Lipinski definition) is 2. The number of carbonyl (C=O) groups excluding carboxylic acids is 2. The summed E-state index contributed by atoms with van der Waals surface area (Å²) in [7, 11) is 0. The van der Waals surface area contributed by atoms with Crippen LogP contribution in [-0.4, -0.2) is 36.0 Å². The molecule has 1 saturated heterocycles. The van der Waals surface area contributed by atoms with Crippen molar-refractivity contribution in [3.8, 4) is 0 Å². The molecular formula is C13H25N3O2. The third-order valence-electron chi connectivity index (χ3n) is 3.44. The van der Waals surface area contributed by atoms with E-state index in [9.17, 15) is 9.59 Å². The summed E-state index contributed by atoms with van der Waals surface area (Å²) >= 11 is 0. The number of carbonyl (C=O) groups is 2. The molecule has 2 atom stereocenters. The summed E-state index contributed by atoms with van der Waals surface area (Å²) in [4.78, 5) is 24.9. The van der Waals surface area contributed by atoms with E-state index in [1.54, 1.807) is 4.90 Å². The molecule has 0 aromatic rings. The number of nitrogens with one attached hydrogen (secondary N) is 1. The van der Waals surface area contributed by atoms with Gasteiger partial charge in [0.05, 0.1) is 0 Å². The Bertz CT molecular complexity index is 323. The number of hydrogen-bond donors (Lipinski definition) is 2. The lowest BCUT2D eigenvalue weighted by atomic mass is 9.90. The third-order valence-corrected chi connectivity index (χ3v) is 3.44. The summed E-state index contributed by atoms with van der Waals surface area (Å²) in [5.74, 6) is 0.435. The molecule has 2 unspecified atom stereocenters. The molecule has 0 aromatic carbocycles. The largest absolute Gasteiger partial charge is 0.351 e. The molecule has 0 spiro atoms. The molecule has 104 valence electrons. The summed E-state index contributed by atoms with van der Waals surface area (Å²) in [6, 6.07) is -0.383. The first kappa shape index (κ1) is 14.8. The van der Waals surface area contributed by atoms with Crippen molar-refractivity contribution >= 4 is 11.9 Å². The maximum Gasteiger partial charge on any atom is 0.314 e. The number of piperidine rings is 1. The zero-order valence-corrected chi connectivity index (χ0v) is 11.8. The summed E-state index contributed by atoms with van der Waals surface area (Å²) in [5.41, 5.74) is 4.93. The van der Waals surface area contributed by atoms with Crippen LogP contribution in [0.2, 0.25) is 0 Å². The van der Waals surface area contributed by atoms with Crippen molar-refractivity contribution in [2.75, 3.05) is 13.1 Å². The van der Waals surface area contributed by atoms with Gasteiger partial charge in [-0.25, -0.2) is 4.79 Å². The van der Waals surface area contributed by atoms with Crippen molar-refractivity contribution in [1.82, 2.24) is 10.2 Å². The molecule has 1 fully saturated rings. The zero-order valence-electron chi connectivity index (χ0n) is 11.8. The fourth-order valence-electron chi connectivity index (χ4n) is 2.19. The average molecular weight is 255 g/mol. The summed E-state index contributed by atoms with van der Waals surface area (Å²) in [6.45, 7) is 8.97. The van der Waals surface area contributed by atoms with Crippen molar-refractivity contribution in [2.45, 2.75) is 46.6 Å². The predicted molar refractivity (Wildman–Crippen MR) is 70.9 cm³/mol. The Kier molecular flexibility index (Phi) is 4.59. The van der Waals surface area contributed by atoms with Crippen LogP contribution >= 0.6 is 0 Å². The molecule has 0 saturated carbocycles. The normalized spacial score (nSPS) is 24.8. The van der Waals surface area contributed by atoms with Gasteiger partial charge in [-0.05, 0) is 12.3 Å². The molecule has 0 bridgehead atoms. The highest BCUT2D eigenvalue weighted by Gasteiger charge is 2.31. The number of amides is 3. The molecule has 3 N–H and O–H groups in total. The molecule has 1 rings (SSSR count). The van der Waals surface area contributed by atoms with Crippen molar-refractivity contribution in [2.24, 2.45) is 17.1 Å². The van der Waals surface area contributed by atoms with E-state index in [1.807, 2.05) is 20.8 Å². The molecule has 18 heavy (non-hydrogen) atoms. The van der Waals surface area contributed by atoms with Crippen LogP contribution in [0.15, 0.2) is 0 Å². The topological polar surface area (TPSA) is 75.4 Å². The van der Waals surface area contributed by atoms with Crippen LogP contribution < -0.4 is 11.1 Å². The Morgan fingerprint density at radius 1 is 1.33 bits per heavy atom. The van der Waals surface area contributed by atoms with Crippen LogP contribution in [-0.2, 0) is 4.79 Å². The maximum atomic E-state index is 12.0. The number of rotatable bonds is 2. The van der Waals surface area contributed by atoms with Crippen molar-refractivity contribution in [3.63, 3.8) is 0 Å². The van der Waals surface area contributed by atoms with E-state index < -0.39 is 11.4 Å². The lowest BCUT2D eigenvalue weighted by Crippen LogP contribution is -2.55. The van der Waals surface area contributed by atoms with Gasteiger partial charge in [0.1, 0.15) is 0 Å². The van der Waals surface area contributed by atoms with Gasteiger partial charge in [-0.2, -0.15) is 0 Å². The van der Waals surface area contributed by atoms with Crippen LogP contribution in [0.5, 0.6) is 0 Å². The van der Waals surface area contributed by atoms with Crippen LogP contribution in [0.25, 0.3) is 0 Å². The minimum Gasteiger partial charge on any atom is -0.351 e. The first-order chi connectivity index (χ1) is 8.24. The van der Waals surface area contributed by atoms with E-state index in [0.29, 0.717) is 19.0 Å². The Balaban J connectivity index is 2.65. The second-order valence-corrected chi connectivity index (χ2v) is 6.17. The molecule has 1 aliphatic heterocycles. The Labute approximate surface area is 109 Å². The predicted octanol–water partition coefficient (Wildman–Crippen LogP) is 1.33. The number of primary amides is 1.